The molecule has 0 saturated carbocycles. The van der Waals surface area contributed by atoms with E-state index in [-0.39, 0.29) is 23.9 Å². The summed E-state index contributed by atoms with van der Waals surface area (Å²) in [4.78, 5) is 14.1. The number of anilines is 1. The highest BCUT2D eigenvalue weighted by Crippen LogP contribution is 2.53. The fraction of sp³-hybridized carbons (Fsp3) is 0.286. The lowest BCUT2D eigenvalue weighted by Crippen LogP contribution is -2.36. The van der Waals surface area contributed by atoms with Gasteiger partial charge in [-0.25, -0.2) is 4.79 Å². The Morgan fingerprint density at radius 3 is 2.54 bits per heavy atom. The summed E-state index contributed by atoms with van der Waals surface area (Å²) in [6, 6.07) is 6.80. The fourth-order valence-electron chi connectivity index (χ4n) is 4.00. The van der Waals surface area contributed by atoms with Gasteiger partial charge >= 0.3 is 6.09 Å². The van der Waals surface area contributed by atoms with E-state index in [1.54, 1.807) is 30.0 Å². The third kappa shape index (κ3) is 2.46. The van der Waals surface area contributed by atoms with Gasteiger partial charge in [-0.1, -0.05) is 0 Å². The third-order valence-corrected chi connectivity index (χ3v) is 5.11. The zero-order valence-electron chi connectivity index (χ0n) is 15.9. The summed E-state index contributed by atoms with van der Waals surface area (Å²) in [5, 5.41) is 23.7. The number of aromatic hydroxyl groups is 2. The van der Waals surface area contributed by atoms with E-state index in [0.29, 0.717) is 35.2 Å². The Kier molecular flexibility index (Phi) is 4.30. The highest BCUT2D eigenvalue weighted by atomic mass is 16.6. The molecule has 3 aromatic rings. The highest BCUT2D eigenvalue weighted by Gasteiger charge is 2.32. The fourth-order valence-corrected chi connectivity index (χ4v) is 4.00. The van der Waals surface area contributed by atoms with Gasteiger partial charge in [-0.2, -0.15) is 0 Å². The zero-order chi connectivity index (χ0) is 20.0. The number of carbonyl (C=O) groups excluding carboxylic acids is 1. The number of carbonyl (C=O) groups is 1. The van der Waals surface area contributed by atoms with E-state index >= 15 is 0 Å². The minimum absolute atomic E-state index is 0.0800. The first kappa shape index (κ1) is 18.0. The topological polar surface area (TPSA) is 88.5 Å². The Morgan fingerprint density at radius 2 is 1.86 bits per heavy atom. The van der Waals surface area contributed by atoms with E-state index < -0.39 is 6.09 Å². The Morgan fingerprint density at radius 1 is 1.11 bits per heavy atom. The molecule has 146 valence electrons. The molecule has 0 aromatic heterocycles. The highest BCUT2D eigenvalue weighted by molar-refractivity contribution is 6.21. The second-order valence-electron chi connectivity index (χ2n) is 6.55. The monoisotopic (exact) mass is 383 g/mol. The molecule has 1 heterocycles. The maximum atomic E-state index is 12.6. The Balaban J connectivity index is 2.20. The molecule has 0 saturated heterocycles. The van der Waals surface area contributed by atoms with Crippen molar-refractivity contribution in [2.45, 2.75) is 13.3 Å². The molecule has 0 atom stereocenters. The minimum atomic E-state index is -0.444. The number of nitrogens with zero attached hydrogens (tertiary/aromatic N) is 1. The standard InChI is InChI=1S/C21H21NO6/c1-4-28-21(25)22-8-7-14-16-15(22)10-11-9-12(23)5-6-13(11)17(16)20(27-3)18(24)19(14)26-2/h5-6,9-10,23-24H,4,7-8H2,1-3H3. The van der Waals surface area contributed by atoms with Crippen LogP contribution in [0.2, 0.25) is 0 Å². The Bertz CT molecular complexity index is 1110. The van der Waals surface area contributed by atoms with Crippen LogP contribution in [-0.2, 0) is 11.2 Å². The summed E-state index contributed by atoms with van der Waals surface area (Å²) in [7, 11) is 2.97. The van der Waals surface area contributed by atoms with Crippen LogP contribution in [0, 0.1) is 0 Å². The third-order valence-electron chi connectivity index (χ3n) is 5.11. The van der Waals surface area contributed by atoms with Crippen molar-refractivity contribution in [2.75, 3.05) is 32.3 Å². The Hall–Kier alpha value is -3.35. The molecule has 0 spiro atoms. The summed E-state index contributed by atoms with van der Waals surface area (Å²) in [6.07, 6.45) is 0.0482. The van der Waals surface area contributed by atoms with Crippen LogP contribution in [0.25, 0.3) is 21.5 Å². The molecule has 1 aliphatic rings. The van der Waals surface area contributed by atoms with E-state index in [2.05, 4.69) is 0 Å². The Labute approximate surface area is 161 Å². The van der Waals surface area contributed by atoms with Crippen molar-refractivity contribution in [3.63, 3.8) is 0 Å². The molecular formula is C21H21NO6. The van der Waals surface area contributed by atoms with Gasteiger partial charge in [-0.05, 0) is 48.4 Å². The summed E-state index contributed by atoms with van der Waals surface area (Å²) >= 11 is 0. The molecule has 4 rings (SSSR count). The van der Waals surface area contributed by atoms with Crippen LogP contribution in [-0.4, -0.2) is 43.7 Å². The van der Waals surface area contributed by atoms with Gasteiger partial charge in [-0.15, -0.1) is 0 Å². The maximum Gasteiger partial charge on any atom is 0.414 e. The van der Waals surface area contributed by atoms with Gasteiger partial charge < -0.3 is 24.4 Å². The van der Waals surface area contributed by atoms with Gasteiger partial charge in [-0.3, -0.25) is 4.90 Å². The first-order chi connectivity index (χ1) is 13.5. The molecule has 0 unspecified atom stereocenters. The molecule has 1 amide bonds. The maximum absolute atomic E-state index is 12.6. The number of fused-ring (bicyclic) bond motifs is 2. The second kappa shape index (κ2) is 6.67. The van der Waals surface area contributed by atoms with E-state index in [1.807, 2.05) is 6.07 Å². The van der Waals surface area contributed by atoms with Gasteiger partial charge in [0.1, 0.15) is 5.75 Å². The number of benzene rings is 3. The van der Waals surface area contributed by atoms with E-state index in [0.717, 1.165) is 16.3 Å². The first-order valence-electron chi connectivity index (χ1n) is 9.01. The van der Waals surface area contributed by atoms with Crippen LogP contribution < -0.4 is 14.4 Å². The number of phenolic OH excluding ortho intramolecular Hbond substituents is 2. The average Bonchev–Trinajstić information content (AvgIpc) is 2.68. The summed E-state index contributed by atoms with van der Waals surface area (Å²) < 4.78 is 16.2. The largest absolute Gasteiger partial charge is 0.508 e. The molecule has 0 fully saturated rings. The number of ether oxygens (including phenoxy) is 3. The quantitative estimate of drug-likeness (QED) is 0.666. The van der Waals surface area contributed by atoms with Gasteiger partial charge in [0.25, 0.3) is 0 Å². The summed E-state index contributed by atoms with van der Waals surface area (Å²) in [5.74, 6) is 0.629. The lowest BCUT2D eigenvalue weighted by atomic mass is 9.90. The molecule has 1 aliphatic heterocycles. The van der Waals surface area contributed by atoms with E-state index in [9.17, 15) is 15.0 Å². The van der Waals surface area contributed by atoms with E-state index in [1.165, 1.54) is 14.2 Å². The molecule has 0 radical (unpaired) electrons. The first-order valence-corrected chi connectivity index (χ1v) is 9.01. The van der Waals surface area contributed by atoms with Crippen molar-refractivity contribution >= 4 is 33.3 Å². The molecule has 7 nitrogen and oxygen atoms in total. The van der Waals surface area contributed by atoms with Gasteiger partial charge in [0.15, 0.2) is 11.5 Å². The van der Waals surface area contributed by atoms with Crippen molar-refractivity contribution in [3.8, 4) is 23.0 Å². The average molecular weight is 383 g/mol. The number of rotatable bonds is 3. The minimum Gasteiger partial charge on any atom is -0.508 e. The molecule has 0 bridgehead atoms. The summed E-state index contributed by atoms with van der Waals surface area (Å²) in [5.41, 5.74) is 1.44. The lowest BCUT2D eigenvalue weighted by Gasteiger charge is -2.31. The number of hydrogen-bond acceptors (Lipinski definition) is 6. The molecule has 7 heteroatoms. The van der Waals surface area contributed by atoms with Gasteiger partial charge in [0.05, 0.1) is 26.5 Å². The number of hydrogen-bond donors (Lipinski definition) is 2. The smallest absolute Gasteiger partial charge is 0.414 e. The molecule has 0 aliphatic carbocycles. The van der Waals surface area contributed by atoms with Gasteiger partial charge in [0, 0.05) is 22.9 Å². The van der Waals surface area contributed by atoms with Crippen LogP contribution in [0.1, 0.15) is 12.5 Å². The van der Waals surface area contributed by atoms with Crippen molar-refractivity contribution < 1.29 is 29.2 Å². The normalized spacial score (nSPS) is 13.0. The number of phenols is 2. The molecule has 2 N–H and O–H groups in total. The zero-order valence-corrected chi connectivity index (χ0v) is 15.9. The number of amides is 1. The van der Waals surface area contributed by atoms with Crippen LogP contribution in [0.15, 0.2) is 24.3 Å². The SMILES string of the molecule is CCOC(=O)N1CCc2c(OC)c(O)c(OC)c3c2c1cc1cc(O)ccc13. The molecule has 3 aromatic carbocycles. The molecular weight excluding hydrogens is 362 g/mol. The summed E-state index contributed by atoms with van der Waals surface area (Å²) in [6.45, 7) is 2.41. The van der Waals surface area contributed by atoms with Crippen LogP contribution >= 0.6 is 0 Å². The van der Waals surface area contributed by atoms with Crippen molar-refractivity contribution in [1.29, 1.82) is 0 Å². The molecule has 28 heavy (non-hydrogen) atoms. The van der Waals surface area contributed by atoms with E-state index in [4.69, 9.17) is 14.2 Å². The van der Waals surface area contributed by atoms with Crippen molar-refractivity contribution in [1.82, 2.24) is 0 Å². The lowest BCUT2D eigenvalue weighted by molar-refractivity contribution is 0.159. The van der Waals surface area contributed by atoms with Gasteiger partial charge in [0.2, 0.25) is 5.75 Å². The predicted octanol–water partition coefficient (Wildman–Crippen LogP) is 3.94. The van der Waals surface area contributed by atoms with Crippen molar-refractivity contribution in [3.05, 3.63) is 29.8 Å². The van der Waals surface area contributed by atoms with Crippen LogP contribution in [0.4, 0.5) is 10.5 Å². The second-order valence-corrected chi connectivity index (χ2v) is 6.55. The van der Waals surface area contributed by atoms with Crippen LogP contribution in [0.5, 0.6) is 23.0 Å². The van der Waals surface area contributed by atoms with Crippen molar-refractivity contribution in [2.24, 2.45) is 0 Å². The van der Waals surface area contributed by atoms with Crippen LogP contribution in [0.3, 0.4) is 0 Å². The number of methoxy groups -OCH3 is 2. The predicted molar refractivity (Wildman–Crippen MR) is 106 cm³/mol.